The molecular weight excluding hydrogens is 268 g/mol. The minimum atomic E-state index is -0.921. The van der Waals surface area contributed by atoms with Crippen LogP contribution in [0.3, 0.4) is 0 Å². The van der Waals surface area contributed by atoms with Gasteiger partial charge in [0.1, 0.15) is 5.82 Å². The van der Waals surface area contributed by atoms with E-state index in [9.17, 15) is 9.90 Å². The number of pyridine rings is 1. The van der Waals surface area contributed by atoms with Gasteiger partial charge >= 0.3 is 5.97 Å². The molecule has 0 aliphatic carbocycles. The number of carbonyl (C=O) groups is 1. The molecule has 1 aromatic heterocycles. The van der Waals surface area contributed by atoms with E-state index < -0.39 is 5.97 Å². The topological polar surface area (TPSA) is 62.7 Å². The number of nitrogens with zero attached hydrogens (tertiary/aromatic N) is 2. The molecule has 0 amide bonds. The average molecular weight is 286 g/mol. The number of hydrogen-bond donors (Lipinski definition) is 1. The highest BCUT2D eigenvalue weighted by atomic mass is 16.5. The van der Waals surface area contributed by atoms with Gasteiger partial charge in [0.25, 0.3) is 0 Å². The van der Waals surface area contributed by atoms with Crippen LogP contribution in [-0.4, -0.2) is 42.4 Å². The van der Waals surface area contributed by atoms with E-state index in [1.807, 2.05) is 18.2 Å². The first-order valence-corrected chi connectivity index (χ1v) is 7.10. The number of anilines is 1. The Balaban J connectivity index is 2.04. The number of hydrogen-bond acceptors (Lipinski definition) is 4. The van der Waals surface area contributed by atoms with E-state index in [2.05, 4.69) is 9.88 Å². The number of para-hydroxylation sites is 1. The predicted octanol–water partition coefficient (Wildman–Crippen LogP) is 2.55. The molecule has 0 bridgehead atoms. The van der Waals surface area contributed by atoms with Crippen LogP contribution in [0.5, 0.6) is 0 Å². The fourth-order valence-electron chi connectivity index (χ4n) is 2.84. The molecule has 5 heteroatoms. The average Bonchev–Trinajstić information content (AvgIpc) is 2.53. The van der Waals surface area contributed by atoms with Crippen LogP contribution in [0.25, 0.3) is 10.9 Å². The molecule has 0 radical (unpaired) electrons. The molecule has 0 saturated carbocycles. The van der Waals surface area contributed by atoms with Gasteiger partial charge < -0.3 is 14.7 Å². The summed E-state index contributed by atoms with van der Waals surface area (Å²) < 4.78 is 5.42. The minimum Gasteiger partial charge on any atom is -0.478 e. The third-order valence-electron chi connectivity index (χ3n) is 3.97. The predicted molar refractivity (Wildman–Crippen MR) is 80.9 cm³/mol. The lowest BCUT2D eigenvalue weighted by Gasteiger charge is -2.33. The largest absolute Gasteiger partial charge is 0.478 e. The van der Waals surface area contributed by atoms with Gasteiger partial charge in [-0.05, 0) is 25.0 Å². The van der Waals surface area contributed by atoms with Crippen molar-refractivity contribution >= 4 is 22.7 Å². The normalized spacial score (nSPS) is 18.9. The molecule has 1 N–H and O–H groups in total. The first kappa shape index (κ1) is 13.8. The number of ether oxygens (including phenoxy) is 1. The molecular formula is C16H18N2O3. The van der Waals surface area contributed by atoms with Crippen molar-refractivity contribution in [2.45, 2.75) is 18.9 Å². The maximum Gasteiger partial charge on any atom is 0.336 e. The summed E-state index contributed by atoms with van der Waals surface area (Å²) in [6.45, 7) is 1.63. The van der Waals surface area contributed by atoms with Gasteiger partial charge in [-0.25, -0.2) is 9.78 Å². The van der Waals surface area contributed by atoms with Gasteiger partial charge in [-0.3, -0.25) is 0 Å². The Bertz CT molecular complexity index is 672. The van der Waals surface area contributed by atoms with E-state index >= 15 is 0 Å². The van der Waals surface area contributed by atoms with E-state index in [0.717, 1.165) is 25.9 Å². The van der Waals surface area contributed by atoms with Gasteiger partial charge in [0.15, 0.2) is 0 Å². The molecule has 3 rings (SSSR count). The number of carboxylic acid groups (broad SMARTS) is 1. The highest BCUT2D eigenvalue weighted by Gasteiger charge is 2.22. The monoisotopic (exact) mass is 286 g/mol. The van der Waals surface area contributed by atoms with Crippen LogP contribution < -0.4 is 4.90 Å². The molecule has 1 unspecified atom stereocenters. The summed E-state index contributed by atoms with van der Waals surface area (Å²) in [7, 11) is 1.71. The summed E-state index contributed by atoms with van der Waals surface area (Å²) in [6, 6.07) is 9.02. The van der Waals surface area contributed by atoms with E-state index in [1.165, 1.54) is 0 Å². The van der Waals surface area contributed by atoms with Crippen LogP contribution in [0.2, 0.25) is 0 Å². The Hall–Kier alpha value is -2.14. The molecule has 5 nitrogen and oxygen atoms in total. The summed E-state index contributed by atoms with van der Waals surface area (Å²) in [4.78, 5) is 18.2. The molecule has 1 aliphatic heterocycles. The zero-order valence-electron chi connectivity index (χ0n) is 12.0. The summed E-state index contributed by atoms with van der Waals surface area (Å²) >= 11 is 0. The zero-order valence-corrected chi connectivity index (χ0v) is 12.0. The fourth-order valence-corrected chi connectivity index (χ4v) is 2.84. The number of benzene rings is 1. The maximum atomic E-state index is 11.5. The highest BCUT2D eigenvalue weighted by Crippen LogP contribution is 2.25. The second-order valence-corrected chi connectivity index (χ2v) is 5.30. The quantitative estimate of drug-likeness (QED) is 0.939. The van der Waals surface area contributed by atoms with Gasteiger partial charge in [-0.2, -0.15) is 0 Å². The third kappa shape index (κ3) is 2.69. The van der Waals surface area contributed by atoms with Crippen molar-refractivity contribution in [3.63, 3.8) is 0 Å². The van der Waals surface area contributed by atoms with Gasteiger partial charge in [0.2, 0.25) is 0 Å². The van der Waals surface area contributed by atoms with E-state index in [1.54, 1.807) is 19.2 Å². The Morgan fingerprint density at radius 1 is 1.43 bits per heavy atom. The molecule has 1 aromatic carbocycles. The summed E-state index contributed by atoms with van der Waals surface area (Å²) in [5, 5.41) is 10.1. The van der Waals surface area contributed by atoms with E-state index in [-0.39, 0.29) is 6.10 Å². The van der Waals surface area contributed by atoms with Crippen LogP contribution in [0.15, 0.2) is 30.3 Å². The van der Waals surface area contributed by atoms with Crippen molar-refractivity contribution in [1.29, 1.82) is 0 Å². The molecule has 1 atom stereocenters. The van der Waals surface area contributed by atoms with Crippen LogP contribution in [0.1, 0.15) is 23.2 Å². The molecule has 1 fully saturated rings. The van der Waals surface area contributed by atoms with Gasteiger partial charge in [0.05, 0.1) is 17.2 Å². The molecule has 2 aromatic rings. The second-order valence-electron chi connectivity index (χ2n) is 5.30. The minimum absolute atomic E-state index is 0.181. The first-order chi connectivity index (χ1) is 10.2. The van der Waals surface area contributed by atoms with Gasteiger partial charge in [-0.15, -0.1) is 0 Å². The van der Waals surface area contributed by atoms with E-state index in [0.29, 0.717) is 22.3 Å². The Morgan fingerprint density at radius 3 is 3.00 bits per heavy atom. The van der Waals surface area contributed by atoms with Crippen LogP contribution in [0, 0.1) is 0 Å². The first-order valence-electron chi connectivity index (χ1n) is 7.10. The van der Waals surface area contributed by atoms with Crippen molar-refractivity contribution in [1.82, 2.24) is 4.98 Å². The number of carboxylic acids is 1. The number of rotatable bonds is 3. The third-order valence-corrected chi connectivity index (χ3v) is 3.97. The zero-order chi connectivity index (χ0) is 14.8. The number of aromatic nitrogens is 1. The number of methoxy groups -OCH3 is 1. The Morgan fingerprint density at radius 2 is 2.24 bits per heavy atom. The summed E-state index contributed by atoms with van der Waals surface area (Å²) in [5.41, 5.74) is 1.02. The highest BCUT2D eigenvalue weighted by molar-refractivity contribution is 6.03. The Kier molecular flexibility index (Phi) is 3.75. The Labute approximate surface area is 123 Å². The SMILES string of the molecule is COC1CCCN(c2cc(C(=O)O)c3ccccc3n2)C1. The molecule has 1 aliphatic rings. The standard InChI is InChI=1S/C16H18N2O3/c1-21-11-5-4-8-18(10-11)15-9-13(16(19)20)12-6-2-3-7-14(12)17-15/h2-3,6-7,9,11H,4-5,8,10H2,1H3,(H,19,20). The molecule has 0 spiro atoms. The summed E-state index contributed by atoms with van der Waals surface area (Å²) in [5.74, 6) is -0.206. The number of piperidine rings is 1. The van der Waals surface area contributed by atoms with Crippen LogP contribution in [0.4, 0.5) is 5.82 Å². The lowest BCUT2D eigenvalue weighted by atomic mass is 10.1. The smallest absolute Gasteiger partial charge is 0.336 e. The van der Waals surface area contributed by atoms with Gasteiger partial charge in [0, 0.05) is 25.6 Å². The number of fused-ring (bicyclic) bond motifs is 1. The molecule has 21 heavy (non-hydrogen) atoms. The summed E-state index contributed by atoms with van der Waals surface area (Å²) in [6.07, 6.45) is 2.24. The fraction of sp³-hybridized carbons (Fsp3) is 0.375. The van der Waals surface area contributed by atoms with Crippen molar-refractivity contribution < 1.29 is 14.6 Å². The maximum absolute atomic E-state index is 11.5. The van der Waals surface area contributed by atoms with E-state index in [4.69, 9.17) is 4.74 Å². The van der Waals surface area contributed by atoms with Crippen molar-refractivity contribution in [3.05, 3.63) is 35.9 Å². The van der Waals surface area contributed by atoms with Gasteiger partial charge in [-0.1, -0.05) is 18.2 Å². The lowest BCUT2D eigenvalue weighted by molar-refractivity contribution is 0.0699. The van der Waals surface area contributed by atoms with Crippen molar-refractivity contribution in [3.8, 4) is 0 Å². The van der Waals surface area contributed by atoms with Crippen molar-refractivity contribution in [2.24, 2.45) is 0 Å². The van der Waals surface area contributed by atoms with Crippen LogP contribution in [-0.2, 0) is 4.74 Å². The number of aromatic carboxylic acids is 1. The van der Waals surface area contributed by atoms with Crippen molar-refractivity contribution in [2.75, 3.05) is 25.1 Å². The molecule has 1 saturated heterocycles. The van der Waals surface area contributed by atoms with Crippen LogP contribution >= 0.6 is 0 Å². The second kappa shape index (κ2) is 5.69. The molecule has 110 valence electrons. The lowest BCUT2D eigenvalue weighted by Crippen LogP contribution is -2.39. The molecule has 2 heterocycles.